The second-order valence-electron chi connectivity index (χ2n) is 4.21. The summed E-state index contributed by atoms with van der Waals surface area (Å²) in [6, 6.07) is 4.31. The minimum absolute atomic E-state index is 0.445. The lowest BCUT2D eigenvalue weighted by Gasteiger charge is -2.15. The van der Waals surface area contributed by atoms with E-state index in [0.29, 0.717) is 6.54 Å². The van der Waals surface area contributed by atoms with Crippen LogP contribution in [-0.2, 0) is 25.8 Å². The lowest BCUT2D eigenvalue weighted by atomic mass is 9.93. The van der Waals surface area contributed by atoms with Crippen molar-refractivity contribution in [3.63, 3.8) is 0 Å². The van der Waals surface area contributed by atoms with Gasteiger partial charge in [0, 0.05) is 6.54 Å². The third-order valence-corrected chi connectivity index (χ3v) is 2.86. The zero-order valence-electron chi connectivity index (χ0n) is 10.8. The van der Waals surface area contributed by atoms with E-state index in [1.807, 2.05) is 18.2 Å². The van der Waals surface area contributed by atoms with Gasteiger partial charge in [-0.3, -0.25) is 0 Å². The maximum absolute atomic E-state index is 8.96. The van der Waals surface area contributed by atoms with Crippen LogP contribution in [-0.4, -0.2) is 5.21 Å². The molecule has 0 bridgehead atoms. The average Bonchev–Trinajstić information content (AvgIpc) is 2.34. The van der Waals surface area contributed by atoms with E-state index in [-0.39, 0.29) is 0 Å². The molecule has 1 aromatic rings. The minimum atomic E-state index is 0.445. The third kappa shape index (κ3) is 3.69. The highest BCUT2D eigenvalue weighted by Gasteiger charge is 2.08. The summed E-state index contributed by atoms with van der Waals surface area (Å²) in [5.41, 5.74) is 7.00. The van der Waals surface area contributed by atoms with Crippen LogP contribution in [0.5, 0.6) is 0 Å². The van der Waals surface area contributed by atoms with Gasteiger partial charge in [-0.25, -0.2) is 5.48 Å². The molecular weight excluding hydrogens is 222 g/mol. The summed E-state index contributed by atoms with van der Waals surface area (Å²) in [6.45, 7) is 11.8. The fourth-order valence-corrected chi connectivity index (χ4v) is 2.14. The summed E-state index contributed by atoms with van der Waals surface area (Å²) in [4.78, 5) is 0. The summed E-state index contributed by atoms with van der Waals surface area (Å²) in [7, 11) is 0. The van der Waals surface area contributed by atoms with Gasteiger partial charge in [0.25, 0.3) is 0 Å². The third-order valence-electron chi connectivity index (χ3n) is 2.86. The van der Waals surface area contributed by atoms with Crippen molar-refractivity contribution in [3.8, 4) is 0 Å². The number of rotatable bonds is 8. The second kappa shape index (κ2) is 7.64. The zero-order chi connectivity index (χ0) is 13.4. The van der Waals surface area contributed by atoms with E-state index in [4.69, 9.17) is 5.21 Å². The van der Waals surface area contributed by atoms with Gasteiger partial charge in [0.15, 0.2) is 0 Å². The van der Waals surface area contributed by atoms with Crippen molar-refractivity contribution in [3.05, 3.63) is 72.4 Å². The van der Waals surface area contributed by atoms with Gasteiger partial charge in [-0.15, -0.1) is 19.7 Å². The Kier molecular flexibility index (Phi) is 6.12. The Morgan fingerprint density at radius 1 is 0.944 bits per heavy atom. The van der Waals surface area contributed by atoms with Crippen LogP contribution < -0.4 is 5.48 Å². The molecule has 96 valence electrons. The smallest absolute Gasteiger partial charge is 0.0463 e. The van der Waals surface area contributed by atoms with E-state index in [0.717, 1.165) is 24.8 Å². The standard InChI is InChI=1S/C16H21NO/c1-4-7-13-10-14(8-5-2)16(12-17-18)15(11-13)9-6-3/h4-6,10-11,17-18H,1-3,7-9,12H2. The molecule has 1 rings (SSSR count). The summed E-state index contributed by atoms with van der Waals surface area (Å²) < 4.78 is 0. The van der Waals surface area contributed by atoms with Gasteiger partial charge < -0.3 is 5.21 Å². The van der Waals surface area contributed by atoms with Crippen molar-refractivity contribution in [2.75, 3.05) is 0 Å². The normalized spacial score (nSPS) is 10.1. The fraction of sp³-hybridized carbons (Fsp3) is 0.250. The number of hydroxylamine groups is 1. The van der Waals surface area contributed by atoms with E-state index >= 15 is 0 Å². The molecule has 0 aromatic heterocycles. The lowest BCUT2D eigenvalue weighted by Crippen LogP contribution is -2.12. The molecule has 0 radical (unpaired) electrons. The summed E-state index contributed by atoms with van der Waals surface area (Å²) in [5.74, 6) is 0. The molecule has 0 atom stereocenters. The quantitative estimate of drug-likeness (QED) is 0.542. The van der Waals surface area contributed by atoms with Crippen LogP contribution in [0, 0.1) is 0 Å². The van der Waals surface area contributed by atoms with Crippen molar-refractivity contribution in [2.24, 2.45) is 0 Å². The highest BCUT2D eigenvalue weighted by atomic mass is 16.5. The summed E-state index contributed by atoms with van der Waals surface area (Å²) >= 11 is 0. The first kappa shape index (κ1) is 14.4. The fourth-order valence-electron chi connectivity index (χ4n) is 2.14. The van der Waals surface area contributed by atoms with Gasteiger partial charge in [-0.1, -0.05) is 30.4 Å². The molecule has 2 heteroatoms. The van der Waals surface area contributed by atoms with E-state index in [9.17, 15) is 0 Å². The van der Waals surface area contributed by atoms with E-state index in [1.54, 1.807) is 0 Å². The van der Waals surface area contributed by atoms with Crippen molar-refractivity contribution in [1.29, 1.82) is 0 Å². The Bertz CT molecular complexity index is 404. The molecule has 0 saturated carbocycles. The van der Waals surface area contributed by atoms with Gasteiger partial charge in [0.2, 0.25) is 0 Å². The summed E-state index contributed by atoms with van der Waals surface area (Å²) in [5, 5.41) is 8.96. The molecule has 0 aliphatic carbocycles. The van der Waals surface area contributed by atoms with Crippen molar-refractivity contribution < 1.29 is 5.21 Å². The maximum atomic E-state index is 8.96. The zero-order valence-corrected chi connectivity index (χ0v) is 10.8. The van der Waals surface area contributed by atoms with Crippen LogP contribution >= 0.6 is 0 Å². The van der Waals surface area contributed by atoms with E-state index in [2.05, 4.69) is 37.3 Å². The molecule has 0 unspecified atom stereocenters. The highest BCUT2D eigenvalue weighted by molar-refractivity contribution is 5.42. The molecule has 0 aliphatic rings. The monoisotopic (exact) mass is 243 g/mol. The number of allylic oxidation sites excluding steroid dienone is 3. The van der Waals surface area contributed by atoms with Gasteiger partial charge in [-0.2, -0.15) is 0 Å². The minimum Gasteiger partial charge on any atom is -0.316 e. The molecule has 18 heavy (non-hydrogen) atoms. The Labute approximate surface area is 109 Å². The molecular formula is C16H21NO. The lowest BCUT2D eigenvalue weighted by molar-refractivity contribution is 0.161. The molecule has 1 aromatic carbocycles. The van der Waals surface area contributed by atoms with Gasteiger partial charge >= 0.3 is 0 Å². The van der Waals surface area contributed by atoms with Crippen LogP contribution in [0.4, 0.5) is 0 Å². The number of hydrogen-bond acceptors (Lipinski definition) is 2. The first-order chi connectivity index (χ1) is 8.76. The predicted molar refractivity (Wildman–Crippen MR) is 76.8 cm³/mol. The van der Waals surface area contributed by atoms with Gasteiger partial charge in [-0.05, 0) is 41.5 Å². The topological polar surface area (TPSA) is 32.3 Å². The van der Waals surface area contributed by atoms with Gasteiger partial charge in [0.1, 0.15) is 0 Å². The molecule has 2 N–H and O–H groups in total. The maximum Gasteiger partial charge on any atom is 0.0463 e. The van der Waals surface area contributed by atoms with E-state index in [1.165, 1.54) is 16.7 Å². The van der Waals surface area contributed by atoms with Crippen molar-refractivity contribution in [2.45, 2.75) is 25.8 Å². The largest absolute Gasteiger partial charge is 0.316 e. The molecule has 0 aliphatic heterocycles. The molecule has 0 amide bonds. The first-order valence-corrected chi connectivity index (χ1v) is 6.10. The molecule has 0 saturated heterocycles. The SMILES string of the molecule is C=CCc1cc(CC=C)c(CNO)c(CC=C)c1. The molecule has 0 heterocycles. The number of benzene rings is 1. The number of hydrogen-bond donors (Lipinski definition) is 2. The van der Waals surface area contributed by atoms with Crippen LogP contribution in [0.3, 0.4) is 0 Å². The second-order valence-corrected chi connectivity index (χ2v) is 4.21. The average molecular weight is 243 g/mol. The van der Waals surface area contributed by atoms with Gasteiger partial charge in [0.05, 0.1) is 0 Å². The highest BCUT2D eigenvalue weighted by Crippen LogP contribution is 2.21. The molecule has 0 fully saturated rings. The van der Waals surface area contributed by atoms with Crippen LogP contribution in [0.25, 0.3) is 0 Å². The Morgan fingerprint density at radius 3 is 1.83 bits per heavy atom. The van der Waals surface area contributed by atoms with Crippen LogP contribution in [0.2, 0.25) is 0 Å². The van der Waals surface area contributed by atoms with Crippen LogP contribution in [0.1, 0.15) is 22.3 Å². The van der Waals surface area contributed by atoms with E-state index < -0.39 is 0 Å². The van der Waals surface area contributed by atoms with Crippen LogP contribution in [0.15, 0.2) is 50.1 Å². The van der Waals surface area contributed by atoms with Crippen molar-refractivity contribution >= 4 is 0 Å². The summed E-state index contributed by atoms with van der Waals surface area (Å²) in [6.07, 6.45) is 8.10. The predicted octanol–water partition coefficient (Wildman–Crippen LogP) is 3.35. The Balaban J connectivity index is 3.27. The molecule has 0 spiro atoms. The number of nitrogens with one attached hydrogen (secondary N) is 1. The first-order valence-electron chi connectivity index (χ1n) is 6.10. The van der Waals surface area contributed by atoms with Crippen molar-refractivity contribution in [1.82, 2.24) is 5.48 Å². The Morgan fingerprint density at radius 2 is 1.44 bits per heavy atom. The molecule has 2 nitrogen and oxygen atoms in total. The Hall–Kier alpha value is -1.64.